The predicted molar refractivity (Wildman–Crippen MR) is 65.2 cm³/mol. The summed E-state index contributed by atoms with van der Waals surface area (Å²) in [7, 11) is 0. The zero-order chi connectivity index (χ0) is 13.3. The van der Waals surface area contributed by atoms with Crippen molar-refractivity contribution in [2.75, 3.05) is 0 Å². The normalized spacial score (nSPS) is 15.3. The number of nitrogens with zero attached hydrogens (tertiary/aromatic N) is 1. The predicted octanol–water partition coefficient (Wildman–Crippen LogP) is 2.50. The summed E-state index contributed by atoms with van der Waals surface area (Å²) in [6.07, 6.45) is 3.45. The molecule has 18 heavy (non-hydrogen) atoms. The molecular weight excluding hydrogens is 234 g/mol. The minimum Gasteiger partial charge on any atom is -0.488 e. The maximum atomic E-state index is 11.0. The van der Waals surface area contributed by atoms with Crippen molar-refractivity contribution in [3.63, 3.8) is 0 Å². The molecule has 1 fully saturated rings. The molecule has 5 nitrogen and oxygen atoms in total. The van der Waals surface area contributed by atoms with Crippen LogP contribution in [0.15, 0.2) is 12.3 Å². The molecule has 1 N–H and O–H groups in total. The molecule has 0 aromatic carbocycles. The van der Waals surface area contributed by atoms with Gasteiger partial charge in [-0.3, -0.25) is 0 Å². The number of aromatic carboxylic acids is 1. The van der Waals surface area contributed by atoms with Gasteiger partial charge in [-0.25, -0.2) is 9.78 Å². The Kier molecular flexibility index (Phi) is 3.15. The Morgan fingerprint density at radius 3 is 2.61 bits per heavy atom. The van der Waals surface area contributed by atoms with E-state index in [0.29, 0.717) is 5.75 Å². The number of carboxylic acids is 1. The van der Waals surface area contributed by atoms with Gasteiger partial charge in [0.1, 0.15) is 11.4 Å². The van der Waals surface area contributed by atoms with Crippen molar-refractivity contribution in [3.8, 4) is 11.5 Å². The molecule has 0 saturated heterocycles. The Labute approximate surface area is 106 Å². The Bertz CT molecular complexity index is 461. The van der Waals surface area contributed by atoms with E-state index in [0.717, 1.165) is 12.8 Å². The molecule has 1 saturated carbocycles. The highest BCUT2D eigenvalue weighted by Gasteiger charge is 2.27. The zero-order valence-electron chi connectivity index (χ0n) is 10.8. The monoisotopic (exact) mass is 251 g/mol. The van der Waals surface area contributed by atoms with Crippen molar-refractivity contribution in [2.24, 2.45) is 0 Å². The molecular formula is C13H17NO4. The van der Waals surface area contributed by atoms with Crippen LogP contribution in [0.4, 0.5) is 0 Å². The van der Waals surface area contributed by atoms with Gasteiger partial charge in [-0.2, -0.15) is 0 Å². The molecule has 1 aromatic heterocycles. The number of carboxylic acid groups (broad SMARTS) is 1. The molecule has 0 bridgehead atoms. The molecule has 1 aliphatic carbocycles. The van der Waals surface area contributed by atoms with Crippen LogP contribution in [-0.4, -0.2) is 27.8 Å². The fourth-order valence-electron chi connectivity index (χ4n) is 1.45. The smallest absolute Gasteiger partial charge is 0.358 e. The first-order valence-electron chi connectivity index (χ1n) is 5.94. The quantitative estimate of drug-likeness (QED) is 0.890. The van der Waals surface area contributed by atoms with Gasteiger partial charge in [0, 0.05) is 6.07 Å². The lowest BCUT2D eigenvalue weighted by atomic mass is 10.2. The van der Waals surface area contributed by atoms with E-state index in [-0.39, 0.29) is 23.1 Å². The average Bonchev–Trinajstić information content (AvgIpc) is 2.98. The van der Waals surface area contributed by atoms with Crippen molar-refractivity contribution in [2.45, 2.75) is 45.3 Å². The summed E-state index contributed by atoms with van der Waals surface area (Å²) in [5.41, 5.74) is -0.424. The summed E-state index contributed by atoms with van der Waals surface area (Å²) in [5.74, 6) is -0.289. The summed E-state index contributed by atoms with van der Waals surface area (Å²) >= 11 is 0. The first-order valence-corrected chi connectivity index (χ1v) is 5.94. The van der Waals surface area contributed by atoms with Crippen LogP contribution in [0.1, 0.15) is 44.1 Å². The molecule has 0 aliphatic heterocycles. The van der Waals surface area contributed by atoms with Gasteiger partial charge in [0.2, 0.25) is 0 Å². The van der Waals surface area contributed by atoms with Gasteiger partial charge in [-0.05, 0) is 33.6 Å². The second-order valence-corrected chi connectivity index (χ2v) is 5.35. The molecule has 0 atom stereocenters. The molecule has 0 spiro atoms. The zero-order valence-corrected chi connectivity index (χ0v) is 10.8. The summed E-state index contributed by atoms with van der Waals surface area (Å²) in [4.78, 5) is 14.9. The molecule has 98 valence electrons. The SMILES string of the molecule is CC(C)(C)Oc1cnc(C(=O)O)c(OC2CC2)c1. The highest BCUT2D eigenvalue weighted by molar-refractivity contribution is 5.88. The van der Waals surface area contributed by atoms with Gasteiger partial charge in [0.25, 0.3) is 0 Å². The average molecular weight is 251 g/mol. The second-order valence-electron chi connectivity index (χ2n) is 5.35. The van der Waals surface area contributed by atoms with Crippen LogP contribution >= 0.6 is 0 Å². The van der Waals surface area contributed by atoms with Crippen molar-refractivity contribution < 1.29 is 19.4 Å². The molecule has 1 aromatic rings. The third-order valence-corrected chi connectivity index (χ3v) is 2.27. The van der Waals surface area contributed by atoms with E-state index in [2.05, 4.69) is 4.98 Å². The Balaban J connectivity index is 2.25. The molecule has 0 amide bonds. The molecule has 5 heteroatoms. The Morgan fingerprint density at radius 1 is 1.44 bits per heavy atom. The summed E-state index contributed by atoms with van der Waals surface area (Å²) in [6, 6.07) is 1.60. The minimum atomic E-state index is -1.09. The number of hydrogen-bond acceptors (Lipinski definition) is 4. The number of ether oxygens (including phenoxy) is 2. The van der Waals surface area contributed by atoms with E-state index in [1.54, 1.807) is 6.07 Å². The van der Waals surface area contributed by atoms with Crippen LogP contribution in [0.2, 0.25) is 0 Å². The van der Waals surface area contributed by atoms with Crippen molar-refractivity contribution in [1.29, 1.82) is 0 Å². The van der Waals surface area contributed by atoms with Crippen LogP contribution < -0.4 is 9.47 Å². The third-order valence-electron chi connectivity index (χ3n) is 2.27. The van der Waals surface area contributed by atoms with E-state index in [9.17, 15) is 4.79 Å². The highest BCUT2D eigenvalue weighted by Crippen LogP contribution is 2.31. The highest BCUT2D eigenvalue weighted by atomic mass is 16.5. The van der Waals surface area contributed by atoms with Gasteiger partial charge in [-0.15, -0.1) is 0 Å². The molecule has 0 radical (unpaired) electrons. The lowest BCUT2D eigenvalue weighted by Crippen LogP contribution is -2.23. The molecule has 2 rings (SSSR count). The minimum absolute atomic E-state index is 0.0665. The van der Waals surface area contributed by atoms with E-state index < -0.39 is 5.97 Å². The van der Waals surface area contributed by atoms with Gasteiger partial charge in [0.05, 0.1) is 12.3 Å². The Hall–Kier alpha value is -1.78. The van der Waals surface area contributed by atoms with E-state index in [1.807, 2.05) is 20.8 Å². The lowest BCUT2D eigenvalue weighted by molar-refractivity contribution is 0.0684. The van der Waals surface area contributed by atoms with Gasteiger partial charge < -0.3 is 14.6 Å². The van der Waals surface area contributed by atoms with E-state index in [1.165, 1.54) is 6.20 Å². The van der Waals surface area contributed by atoms with Crippen LogP contribution in [-0.2, 0) is 0 Å². The number of pyridine rings is 1. The maximum Gasteiger partial charge on any atom is 0.358 e. The first kappa shape index (κ1) is 12.7. The van der Waals surface area contributed by atoms with Gasteiger partial charge >= 0.3 is 5.97 Å². The van der Waals surface area contributed by atoms with E-state index >= 15 is 0 Å². The molecule has 1 heterocycles. The third kappa shape index (κ3) is 3.35. The van der Waals surface area contributed by atoms with Crippen molar-refractivity contribution >= 4 is 5.97 Å². The van der Waals surface area contributed by atoms with Crippen LogP contribution in [0, 0.1) is 0 Å². The number of carbonyl (C=O) groups is 1. The summed E-state index contributed by atoms with van der Waals surface area (Å²) in [5, 5.41) is 9.04. The number of rotatable bonds is 4. The lowest BCUT2D eigenvalue weighted by Gasteiger charge is -2.21. The van der Waals surface area contributed by atoms with Crippen molar-refractivity contribution in [3.05, 3.63) is 18.0 Å². The first-order chi connectivity index (χ1) is 8.35. The largest absolute Gasteiger partial charge is 0.488 e. The standard InChI is InChI=1S/C13H17NO4/c1-13(2,3)18-9-6-10(17-8-4-5-8)11(12(15)16)14-7-9/h6-8H,4-5H2,1-3H3,(H,15,16). The van der Waals surface area contributed by atoms with Gasteiger partial charge in [-0.1, -0.05) is 0 Å². The summed E-state index contributed by atoms with van der Waals surface area (Å²) < 4.78 is 11.2. The van der Waals surface area contributed by atoms with Crippen molar-refractivity contribution in [1.82, 2.24) is 4.98 Å². The second kappa shape index (κ2) is 4.48. The molecule has 1 aliphatic rings. The molecule has 0 unspecified atom stereocenters. The van der Waals surface area contributed by atoms with Crippen LogP contribution in [0.25, 0.3) is 0 Å². The number of aromatic nitrogens is 1. The van der Waals surface area contributed by atoms with Crippen LogP contribution in [0.3, 0.4) is 0 Å². The number of hydrogen-bond donors (Lipinski definition) is 1. The topological polar surface area (TPSA) is 68.7 Å². The van der Waals surface area contributed by atoms with Gasteiger partial charge in [0.15, 0.2) is 11.4 Å². The fourth-order valence-corrected chi connectivity index (χ4v) is 1.45. The van der Waals surface area contributed by atoms with Crippen LogP contribution in [0.5, 0.6) is 11.5 Å². The van der Waals surface area contributed by atoms with E-state index in [4.69, 9.17) is 14.6 Å². The Morgan fingerprint density at radius 2 is 2.11 bits per heavy atom. The maximum absolute atomic E-state index is 11.0. The summed E-state index contributed by atoms with van der Waals surface area (Å²) in [6.45, 7) is 5.75. The fraction of sp³-hybridized carbons (Fsp3) is 0.538.